The molecule has 2 aromatic carbocycles. The maximum absolute atomic E-state index is 12.2. The molecular weight excluding hydrogens is 318 g/mol. The summed E-state index contributed by atoms with van der Waals surface area (Å²) < 4.78 is 10.9. The molecule has 2 aromatic rings. The molecule has 132 valence electrons. The molecule has 1 N–H and O–H groups in total. The molecule has 1 atom stereocenters. The van der Waals surface area contributed by atoms with Crippen molar-refractivity contribution in [2.75, 3.05) is 6.54 Å². The number of carbonyl (C=O) groups excluding carboxylic acids is 2. The number of benzene rings is 2. The summed E-state index contributed by atoms with van der Waals surface area (Å²) in [6.07, 6.45) is -0.857. The highest BCUT2D eigenvalue weighted by Gasteiger charge is 2.19. The van der Waals surface area contributed by atoms with Crippen molar-refractivity contribution in [2.24, 2.45) is 5.92 Å². The van der Waals surface area contributed by atoms with E-state index in [4.69, 9.17) is 9.47 Å². The van der Waals surface area contributed by atoms with Crippen LogP contribution in [0.4, 0.5) is 0 Å². The second-order valence-electron chi connectivity index (χ2n) is 6.13. The first-order chi connectivity index (χ1) is 12.0. The molecule has 0 aromatic heterocycles. The lowest BCUT2D eigenvalue weighted by Gasteiger charge is -2.15. The van der Waals surface area contributed by atoms with E-state index in [0.29, 0.717) is 29.5 Å². The van der Waals surface area contributed by atoms with Crippen molar-refractivity contribution in [3.05, 3.63) is 60.2 Å². The zero-order valence-corrected chi connectivity index (χ0v) is 14.7. The molecule has 0 radical (unpaired) electrons. The van der Waals surface area contributed by atoms with Gasteiger partial charge in [-0.15, -0.1) is 0 Å². The van der Waals surface area contributed by atoms with Gasteiger partial charge in [0.15, 0.2) is 6.10 Å². The molecule has 0 aliphatic rings. The Morgan fingerprint density at radius 3 is 2.32 bits per heavy atom. The second-order valence-corrected chi connectivity index (χ2v) is 6.13. The summed E-state index contributed by atoms with van der Waals surface area (Å²) in [5.41, 5.74) is 0.331. The zero-order valence-electron chi connectivity index (χ0n) is 14.7. The van der Waals surface area contributed by atoms with E-state index in [1.165, 1.54) is 0 Å². The van der Waals surface area contributed by atoms with Crippen LogP contribution in [-0.4, -0.2) is 24.5 Å². The number of esters is 1. The van der Waals surface area contributed by atoms with E-state index in [9.17, 15) is 9.59 Å². The minimum Gasteiger partial charge on any atom is -0.457 e. The predicted octanol–water partition coefficient (Wildman–Crippen LogP) is 3.80. The fraction of sp³-hybridized carbons (Fsp3) is 0.300. The van der Waals surface area contributed by atoms with Crippen molar-refractivity contribution < 1.29 is 19.1 Å². The maximum atomic E-state index is 12.2. The zero-order chi connectivity index (χ0) is 18.2. The molecule has 5 nitrogen and oxygen atoms in total. The number of ether oxygens (including phenoxy) is 2. The van der Waals surface area contributed by atoms with Gasteiger partial charge >= 0.3 is 5.97 Å². The van der Waals surface area contributed by atoms with Crippen LogP contribution in [0.15, 0.2) is 54.6 Å². The summed E-state index contributed by atoms with van der Waals surface area (Å²) in [5, 5.41) is 2.74. The molecule has 0 spiro atoms. The smallest absolute Gasteiger partial charge is 0.339 e. The van der Waals surface area contributed by atoms with Crippen molar-refractivity contribution in [3.8, 4) is 11.5 Å². The lowest BCUT2D eigenvalue weighted by atomic mass is 10.2. The molecule has 0 bridgehead atoms. The van der Waals surface area contributed by atoms with E-state index >= 15 is 0 Å². The summed E-state index contributed by atoms with van der Waals surface area (Å²) in [5.74, 6) is 0.662. The van der Waals surface area contributed by atoms with Crippen molar-refractivity contribution in [1.29, 1.82) is 0 Å². The summed E-state index contributed by atoms with van der Waals surface area (Å²) in [6, 6.07) is 16.0. The van der Waals surface area contributed by atoms with Gasteiger partial charge in [0.2, 0.25) is 0 Å². The third-order valence-electron chi connectivity index (χ3n) is 3.39. The second kappa shape index (κ2) is 8.87. The lowest BCUT2D eigenvalue weighted by Crippen LogP contribution is -2.37. The van der Waals surface area contributed by atoms with Crippen LogP contribution >= 0.6 is 0 Å². The van der Waals surface area contributed by atoms with Gasteiger partial charge in [0.05, 0.1) is 5.56 Å². The third-order valence-corrected chi connectivity index (χ3v) is 3.39. The van der Waals surface area contributed by atoms with Crippen LogP contribution in [0.1, 0.15) is 31.1 Å². The molecule has 0 fully saturated rings. The molecule has 25 heavy (non-hydrogen) atoms. The largest absolute Gasteiger partial charge is 0.457 e. The lowest BCUT2D eigenvalue weighted by molar-refractivity contribution is -0.129. The van der Waals surface area contributed by atoms with E-state index in [0.717, 1.165) is 0 Å². The highest BCUT2D eigenvalue weighted by atomic mass is 16.5. The standard InChI is InChI=1S/C20H23NO4/c1-14(2)13-21-19(22)15(3)24-20(23)16-8-7-11-18(12-16)25-17-9-5-4-6-10-17/h4-12,14-15H,13H2,1-3H3,(H,21,22). The van der Waals surface area contributed by atoms with Gasteiger partial charge in [-0.25, -0.2) is 4.79 Å². The van der Waals surface area contributed by atoms with E-state index < -0.39 is 12.1 Å². The van der Waals surface area contributed by atoms with Crippen molar-refractivity contribution in [3.63, 3.8) is 0 Å². The number of hydrogen-bond acceptors (Lipinski definition) is 4. The molecule has 1 unspecified atom stereocenters. The van der Waals surface area contributed by atoms with Crippen LogP contribution in [0.25, 0.3) is 0 Å². The fourth-order valence-electron chi connectivity index (χ4n) is 2.04. The number of nitrogens with one attached hydrogen (secondary N) is 1. The Bertz CT molecular complexity index is 713. The van der Waals surface area contributed by atoms with Crippen LogP contribution in [-0.2, 0) is 9.53 Å². The van der Waals surface area contributed by atoms with Crippen LogP contribution in [0, 0.1) is 5.92 Å². The molecule has 0 aliphatic heterocycles. The first-order valence-corrected chi connectivity index (χ1v) is 8.27. The van der Waals surface area contributed by atoms with Crippen LogP contribution in [0.2, 0.25) is 0 Å². The van der Waals surface area contributed by atoms with E-state index in [1.54, 1.807) is 31.2 Å². The van der Waals surface area contributed by atoms with Crippen LogP contribution in [0.3, 0.4) is 0 Å². The maximum Gasteiger partial charge on any atom is 0.339 e. The number of carbonyl (C=O) groups is 2. The Labute approximate surface area is 148 Å². The molecule has 0 saturated carbocycles. The van der Waals surface area contributed by atoms with Gasteiger partial charge in [-0.2, -0.15) is 0 Å². The number of rotatable bonds is 7. The first kappa shape index (κ1) is 18.5. The summed E-state index contributed by atoms with van der Waals surface area (Å²) in [4.78, 5) is 24.2. The molecule has 5 heteroatoms. The number of hydrogen-bond donors (Lipinski definition) is 1. The molecule has 0 aliphatic carbocycles. The summed E-state index contributed by atoms with van der Waals surface area (Å²) in [7, 11) is 0. The van der Waals surface area contributed by atoms with Crippen molar-refractivity contribution in [1.82, 2.24) is 5.32 Å². The van der Waals surface area contributed by atoms with Crippen molar-refractivity contribution >= 4 is 11.9 Å². The minimum absolute atomic E-state index is 0.307. The molecule has 2 rings (SSSR count). The van der Waals surface area contributed by atoms with E-state index in [2.05, 4.69) is 5.32 Å². The third kappa shape index (κ3) is 5.95. The Kier molecular flexibility index (Phi) is 6.57. The summed E-state index contributed by atoms with van der Waals surface area (Å²) in [6.45, 7) is 6.09. The number of amides is 1. The fourth-order valence-corrected chi connectivity index (χ4v) is 2.04. The van der Waals surface area contributed by atoms with Gasteiger partial charge in [0.1, 0.15) is 11.5 Å². The predicted molar refractivity (Wildman–Crippen MR) is 95.7 cm³/mol. The Hall–Kier alpha value is -2.82. The van der Waals surface area contributed by atoms with Gasteiger partial charge in [-0.3, -0.25) is 4.79 Å². The highest BCUT2D eigenvalue weighted by Crippen LogP contribution is 2.22. The van der Waals surface area contributed by atoms with Gasteiger partial charge in [0, 0.05) is 6.54 Å². The molecule has 0 heterocycles. The molecule has 0 saturated heterocycles. The van der Waals surface area contributed by atoms with Gasteiger partial charge in [-0.05, 0) is 43.2 Å². The quantitative estimate of drug-likeness (QED) is 0.778. The Morgan fingerprint density at radius 2 is 1.64 bits per heavy atom. The number of para-hydroxylation sites is 1. The molecular formula is C20H23NO4. The van der Waals surface area contributed by atoms with Crippen LogP contribution in [0.5, 0.6) is 11.5 Å². The SMILES string of the molecule is CC(C)CNC(=O)C(C)OC(=O)c1cccc(Oc2ccccc2)c1. The Balaban J connectivity index is 1.97. The summed E-state index contributed by atoms with van der Waals surface area (Å²) >= 11 is 0. The van der Waals surface area contributed by atoms with Crippen LogP contribution < -0.4 is 10.1 Å². The van der Waals surface area contributed by atoms with Gasteiger partial charge in [-0.1, -0.05) is 38.1 Å². The average Bonchev–Trinajstić information content (AvgIpc) is 2.60. The van der Waals surface area contributed by atoms with Gasteiger partial charge in [0.25, 0.3) is 5.91 Å². The monoisotopic (exact) mass is 341 g/mol. The minimum atomic E-state index is -0.857. The normalized spacial score (nSPS) is 11.7. The average molecular weight is 341 g/mol. The Morgan fingerprint density at radius 1 is 0.960 bits per heavy atom. The van der Waals surface area contributed by atoms with Crippen molar-refractivity contribution in [2.45, 2.75) is 26.9 Å². The topological polar surface area (TPSA) is 64.6 Å². The van der Waals surface area contributed by atoms with E-state index in [1.807, 2.05) is 44.2 Å². The van der Waals surface area contributed by atoms with E-state index in [-0.39, 0.29) is 5.91 Å². The highest BCUT2D eigenvalue weighted by molar-refractivity contribution is 5.92. The molecule has 1 amide bonds. The van der Waals surface area contributed by atoms with Gasteiger partial charge < -0.3 is 14.8 Å². The first-order valence-electron chi connectivity index (χ1n) is 8.27.